The largest absolute Gasteiger partial charge is 0.492 e. The van der Waals surface area contributed by atoms with Gasteiger partial charge in [0.25, 0.3) is 0 Å². The van der Waals surface area contributed by atoms with Crippen LogP contribution in [0.4, 0.5) is 10.5 Å². The van der Waals surface area contributed by atoms with Crippen LogP contribution in [0.1, 0.15) is 25.0 Å². The fraction of sp³-hybridized carbons (Fsp3) is 0.350. The number of carbonyl (C=O) groups is 1. The van der Waals surface area contributed by atoms with Crippen LogP contribution >= 0.6 is 0 Å². The maximum Gasteiger partial charge on any atom is 0.319 e. The highest BCUT2D eigenvalue weighted by atomic mass is 16.5. The second-order valence-electron chi connectivity index (χ2n) is 6.10. The van der Waals surface area contributed by atoms with Gasteiger partial charge in [-0.1, -0.05) is 29.8 Å². The summed E-state index contributed by atoms with van der Waals surface area (Å²) in [7, 11) is 0. The maximum atomic E-state index is 11.9. The van der Waals surface area contributed by atoms with Crippen LogP contribution in [0.5, 0.6) is 5.75 Å². The lowest BCUT2D eigenvalue weighted by Gasteiger charge is -2.11. The highest BCUT2D eigenvalue weighted by molar-refractivity contribution is 5.89. The number of rotatable bonds is 8. The number of aryl methyl sites for hydroxylation is 1. The van der Waals surface area contributed by atoms with Crippen LogP contribution in [0.2, 0.25) is 0 Å². The molecular weight excluding hydrogens is 316 g/mol. The van der Waals surface area contributed by atoms with Gasteiger partial charge in [0.15, 0.2) is 0 Å². The molecule has 2 aromatic carbocycles. The Morgan fingerprint density at radius 2 is 1.88 bits per heavy atom. The molecule has 0 fully saturated rings. The normalized spacial score (nSPS) is 10.6. The molecule has 2 amide bonds. The van der Waals surface area contributed by atoms with Crippen molar-refractivity contribution in [3.63, 3.8) is 0 Å². The van der Waals surface area contributed by atoms with Crippen molar-refractivity contribution in [2.24, 2.45) is 0 Å². The van der Waals surface area contributed by atoms with Gasteiger partial charge >= 0.3 is 6.03 Å². The second kappa shape index (κ2) is 9.69. The fourth-order valence-electron chi connectivity index (χ4n) is 2.14. The Hall–Kier alpha value is -2.53. The number of hydrogen-bond donors (Lipinski definition) is 2. The van der Waals surface area contributed by atoms with Gasteiger partial charge in [0.1, 0.15) is 12.4 Å². The van der Waals surface area contributed by atoms with Crippen molar-refractivity contribution in [3.8, 4) is 5.75 Å². The second-order valence-corrected chi connectivity index (χ2v) is 6.10. The lowest BCUT2D eigenvalue weighted by atomic mass is 10.2. The topological polar surface area (TPSA) is 59.6 Å². The molecule has 0 saturated carbocycles. The van der Waals surface area contributed by atoms with E-state index < -0.39 is 0 Å². The van der Waals surface area contributed by atoms with E-state index in [0.29, 0.717) is 19.8 Å². The van der Waals surface area contributed by atoms with Crippen LogP contribution in [-0.4, -0.2) is 25.3 Å². The van der Waals surface area contributed by atoms with Crippen molar-refractivity contribution in [2.45, 2.75) is 33.5 Å². The summed E-state index contributed by atoms with van der Waals surface area (Å²) in [5, 5.41) is 5.59. The first-order valence-electron chi connectivity index (χ1n) is 8.48. The summed E-state index contributed by atoms with van der Waals surface area (Å²) >= 11 is 0. The van der Waals surface area contributed by atoms with E-state index in [-0.39, 0.29) is 12.1 Å². The zero-order chi connectivity index (χ0) is 18.1. The number of carbonyl (C=O) groups excluding carboxylic acids is 1. The Kier molecular flexibility index (Phi) is 7.29. The summed E-state index contributed by atoms with van der Waals surface area (Å²) in [4.78, 5) is 11.9. The lowest BCUT2D eigenvalue weighted by Crippen LogP contribution is -2.32. The minimum absolute atomic E-state index is 0.174. The maximum absolute atomic E-state index is 11.9. The SMILES string of the molecule is Cc1ccc(OCCNC(=O)Nc2cccc(COC(C)C)c2)cc1. The lowest BCUT2D eigenvalue weighted by molar-refractivity contribution is 0.0657. The van der Waals surface area contributed by atoms with Crippen molar-refractivity contribution in [3.05, 3.63) is 59.7 Å². The summed E-state index contributed by atoms with van der Waals surface area (Å²) in [6.07, 6.45) is 0.174. The van der Waals surface area contributed by atoms with Gasteiger partial charge < -0.3 is 20.1 Å². The highest BCUT2D eigenvalue weighted by Gasteiger charge is 2.03. The van der Waals surface area contributed by atoms with Gasteiger partial charge in [0.2, 0.25) is 0 Å². The van der Waals surface area contributed by atoms with Crippen molar-refractivity contribution in [2.75, 3.05) is 18.5 Å². The monoisotopic (exact) mass is 342 g/mol. The van der Waals surface area contributed by atoms with Crippen molar-refractivity contribution >= 4 is 11.7 Å². The van der Waals surface area contributed by atoms with E-state index in [2.05, 4.69) is 10.6 Å². The number of benzene rings is 2. The Balaban J connectivity index is 1.71. The van der Waals surface area contributed by atoms with E-state index in [0.717, 1.165) is 17.0 Å². The third kappa shape index (κ3) is 7.27. The molecule has 0 bridgehead atoms. The van der Waals surface area contributed by atoms with Crippen LogP contribution in [0.15, 0.2) is 48.5 Å². The molecule has 0 radical (unpaired) electrons. The van der Waals surface area contributed by atoms with Crippen LogP contribution in [0.3, 0.4) is 0 Å². The van der Waals surface area contributed by atoms with E-state index in [1.54, 1.807) is 0 Å². The van der Waals surface area contributed by atoms with Gasteiger partial charge in [-0.15, -0.1) is 0 Å². The molecule has 5 heteroatoms. The average molecular weight is 342 g/mol. The molecule has 0 heterocycles. The predicted octanol–water partition coefficient (Wildman–Crippen LogP) is 4.12. The molecule has 2 aromatic rings. The molecule has 25 heavy (non-hydrogen) atoms. The third-order valence-electron chi connectivity index (χ3n) is 3.45. The molecule has 0 aliphatic carbocycles. The summed E-state index contributed by atoms with van der Waals surface area (Å²) in [5.41, 5.74) is 2.95. The van der Waals surface area contributed by atoms with Crippen LogP contribution < -0.4 is 15.4 Å². The minimum atomic E-state index is -0.255. The van der Waals surface area contributed by atoms with Crippen molar-refractivity contribution < 1.29 is 14.3 Å². The first-order valence-corrected chi connectivity index (χ1v) is 8.48. The Morgan fingerprint density at radius 1 is 1.12 bits per heavy atom. The molecule has 0 saturated heterocycles. The van der Waals surface area contributed by atoms with E-state index in [1.165, 1.54) is 5.56 Å². The molecule has 134 valence electrons. The molecule has 5 nitrogen and oxygen atoms in total. The number of amides is 2. The van der Waals surface area contributed by atoms with E-state index in [1.807, 2.05) is 69.3 Å². The molecule has 2 N–H and O–H groups in total. The van der Waals surface area contributed by atoms with Gasteiger partial charge in [-0.25, -0.2) is 4.79 Å². The minimum Gasteiger partial charge on any atom is -0.492 e. The molecule has 0 aliphatic rings. The molecule has 0 aromatic heterocycles. The van der Waals surface area contributed by atoms with E-state index in [9.17, 15) is 4.79 Å². The standard InChI is InChI=1S/C20H26N2O3/c1-15(2)25-14-17-5-4-6-18(13-17)22-20(23)21-11-12-24-19-9-7-16(3)8-10-19/h4-10,13,15H,11-12,14H2,1-3H3,(H2,21,22,23). The Bertz CT molecular complexity index is 669. The molecule has 0 aliphatic heterocycles. The van der Waals surface area contributed by atoms with E-state index >= 15 is 0 Å². The number of hydrogen-bond acceptors (Lipinski definition) is 3. The van der Waals surface area contributed by atoms with Crippen molar-refractivity contribution in [1.82, 2.24) is 5.32 Å². The number of urea groups is 1. The number of nitrogens with one attached hydrogen (secondary N) is 2. The zero-order valence-electron chi connectivity index (χ0n) is 15.0. The van der Waals surface area contributed by atoms with Crippen LogP contribution in [0.25, 0.3) is 0 Å². The molecule has 0 spiro atoms. The molecule has 0 atom stereocenters. The zero-order valence-corrected chi connectivity index (χ0v) is 15.0. The smallest absolute Gasteiger partial charge is 0.319 e. The Morgan fingerprint density at radius 3 is 2.60 bits per heavy atom. The third-order valence-corrected chi connectivity index (χ3v) is 3.45. The van der Waals surface area contributed by atoms with E-state index in [4.69, 9.17) is 9.47 Å². The quantitative estimate of drug-likeness (QED) is 0.710. The summed E-state index contributed by atoms with van der Waals surface area (Å²) in [5.74, 6) is 0.797. The average Bonchev–Trinajstić information content (AvgIpc) is 2.59. The molecule has 2 rings (SSSR count). The summed E-state index contributed by atoms with van der Waals surface area (Å²) in [6.45, 7) is 7.38. The van der Waals surface area contributed by atoms with Crippen molar-refractivity contribution in [1.29, 1.82) is 0 Å². The van der Waals surface area contributed by atoms with Gasteiger partial charge in [-0.05, 0) is 50.6 Å². The number of anilines is 1. The first kappa shape index (κ1) is 18.8. The summed E-state index contributed by atoms with van der Waals surface area (Å²) < 4.78 is 11.1. The Labute approximate surface area is 149 Å². The van der Waals surface area contributed by atoms with Gasteiger partial charge in [0.05, 0.1) is 19.3 Å². The van der Waals surface area contributed by atoms with Gasteiger partial charge in [-0.2, -0.15) is 0 Å². The van der Waals surface area contributed by atoms with Gasteiger partial charge in [0, 0.05) is 5.69 Å². The first-order chi connectivity index (χ1) is 12.0. The highest BCUT2D eigenvalue weighted by Crippen LogP contribution is 2.12. The molecule has 0 unspecified atom stereocenters. The van der Waals surface area contributed by atoms with Gasteiger partial charge in [-0.3, -0.25) is 0 Å². The summed E-state index contributed by atoms with van der Waals surface area (Å²) in [6, 6.07) is 15.2. The molecular formula is C20H26N2O3. The van der Waals surface area contributed by atoms with Crippen LogP contribution in [-0.2, 0) is 11.3 Å². The predicted molar refractivity (Wildman–Crippen MR) is 100 cm³/mol. The fourth-order valence-corrected chi connectivity index (χ4v) is 2.14. The number of ether oxygens (including phenoxy) is 2. The van der Waals surface area contributed by atoms with Crippen LogP contribution in [0, 0.1) is 6.92 Å².